The number of hydrogen-bond acceptors (Lipinski definition) is 3. The van der Waals surface area contributed by atoms with Crippen molar-refractivity contribution in [2.45, 2.75) is 19.0 Å². The van der Waals surface area contributed by atoms with Gasteiger partial charge in [-0.05, 0) is 17.2 Å². The van der Waals surface area contributed by atoms with E-state index in [1.807, 2.05) is 0 Å². The van der Waals surface area contributed by atoms with Crippen LogP contribution in [0.4, 0.5) is 0 Å². The molecule has 0 amide bonds. The van der Waals surface area contributed by atoms with Crippen LogP contribution in [0.1, 0.15) is 11.1 Å². The molecule has 3 heteroatoms. The summed E-state index contributed by atoms with van der Waals surface area (Å²) in [6, 6.07) is 6.92. The molecule has 0 bridgehead atoms. The fraction of sp³-hybridized carbons (Fsp3) is 0.500. The first-order chi connectivity index (χ1) is 7.31. The van der Waals surface area contributed by atoms with Crippen LogP contribution in [0.5, 0.6) is 5.75 Å². The molecule has 0 atom stereocenters. The molecule has 1 saturated heterocycles. The summed E-state index contributed by atoms with van der Waals surface area (Å²) >= 11 is 0. The first-order valence-electron chi connectivity index (χ1n) is 5.54. The molecule has 3 nitrogen and oxygen atoms in total. The van der Waals surface area contributed by atoms with Crippen molar-refractivity contribution < 1.29 is 4.74 Å². The fourth-order valence-corrected chi connectivity index (χ4v) is 2.34. The van der Waals surface area contributed by atoms with Crippen LogP contribution in [0.3, 0.4) is 0 Å². The summed E-state index contributed by atoms with van der Waals surface area (Å²) < 4.78 is 5.48. The molecule has 2 aliphatic heterocycles. The number of rotatable bonds is 2. The van der Waals surface area contributed by atoms with Gasteiger partial charge in [-0.3, -0.25) is 4.90 Å². The van der Waals surface area contributed by atoms with Crippen LogP contribution in [0, 0.1) is 0 Å². The van der Waals surface area contributed by atoms with Gasteiger partial charge >= 0.3 is 0 Å². The molecular formula is C12H16N2O. The lowest BCUT2D eigenvalue weighted by Crippen LogP contribution is -2.54. The molecule has 2 aliphatic rings. The van der Waals surface area contributed by atoms with E-state index in [2.05, 4.69) is 23.1 Å². The number of likely N-dealkylation sites (tertiary alicyclic amines) is 1. The zero-order valence-corrected chi connectivity index (χ0v) is 8.78. The summed E-state index contributed by atoms with van der Waals surface area (Å²) in [7, 11) is 0. The molecule has 2 N–H and O–H groups in total. The van der Waals surface area contributed by atoms with E-state index in [0.29, 0.717) is 6.04 Å². The average Bonchev–Trinajstić information content (AvgIpc) is 2.62. The Morgan fingerprint density at radius 2 is 2.27 bits per heavy atom. The van der Waals surface area contributed by atoms with Crippen molar-refractivity contribution in [2.24, 2.45) is 5.73 Å². The maximum Gasteiger partial charge on any atom is 0.122 e. The Morgan fingerprint density at radius 3 is 3.07 bits per heavy atom. The Kier molecular flexibility index (Phi) is 2.15. The van der Waals surface area contributed by atoms with Gasteiger partial charge in [0.1, 0.15) is 5.75 Å². The molecule has 0 saturated carbocycles. The first kappa shape index (κ1) is 9.19. The lowest BCUT2D eigenvalue weighted by molar-refractivity contribution is 0.142. The van der Waals surface area contributed by atoms with Crippen molar-refractivity contribution in [3.63, 3.8) is 0 Å². The number of nitrogens with zero attached hydrogens (tertiary/aromatic N) is 1. The van der Waals surface area contributed by atoms with Crippen LogP contribution in [0.25, 0.3) is 0 Å². The van der Waals surface area contributed by atoms with E-state index in [1.54, 1.807) is 0 Å². The predicted octanol–water partition coefficient (Wildman–Crippen LogP) is 0.764. The maximum absolute atomic E-state index is 5.75. The van der Waals surface area contributed by atoms with E-state index in [9.17, 15) is 0 Å². The third-order valence-electron chi connectivity index (χ3n) is 3.15. The molecule has 3 rings (SSSR count). The number of nitrogens with two attached hydrogens (primary N) is 1. The molecule has 1 aromatic carbocycles. The van der Waals surface area contributed by atoms with E-state index < -0.39 is 0 Å². The summed E-state index contributed by atoms with van der Waals surface area (Å²) in [5, 5.41) is 0. The molecule has 80 valence electrons. The Balaban J connectivity index is 1.70. The van der Waals surface area contributed by atoms with Gasteiger partial charge in [0.05, 0.1) is 6.61 Å². The molecule has 0 radical (unpaired) electrons. The quantitative estimate of drug-likeness (QED) is 0.773. The average molecular weight is 204 g/mol. The summed E-state index contributed by atoms with van der Waals surface area (Å²) in [4.78, 5) is 2.38. The van der Waals surface area contributed by atoms with Gasteiger partial charge in [-0.25, -0.2) is 0 Å². The van der Waals surface area contributed by atoms with Crippen LogP contribution in [-0.2, 0) is 13.0 Å². The standard InChI is InChI=1S/C12H16N2O/c13-11-7-14(8-11)6-9-1-2-12-10(5-9)3-4-15-12/h1-2,5,11H,3-4,6-8,13H2. The number of fused-ring (bicyclic) bond motifs is 1. The van der Waals surface area contributed by atoms with Crippen LogP contribution in [-0.4, -0.2) is 30.6 Å². The molecule has 1 fully saturated rings. The molecule has 15 heavy (non-hydrogen) atoms. The second kappa shape index (κ2) is 3.51. The van der Waals surface area contributed by atoms with E-state index in [4.69, 9.17) is 10.5 Å². The topological polar surface area (TPSA) is 38.5 Å². The predicted molar refractivity (Wildman–Crippen MR) is 58.9 cm³/mol. The van der Waals surface area contributed by atoms with Gasteiger partial charge in [-0.15, -0.1) is 0 Å². The van der Waals surface area contributed by atoms with Crippen LogP contribution < -0.4 is 10.5 Å². The molecule has 2 heterocycles. The zero-order valence-electron chi connectivity index (χ0n) is 8.78. The minimum Gasteiger partial charge on any atom is -0.493 e. The van der Waals surface area contributed by atoms with Gasteiger partial charge in [0.2, 0.25) is 0 Å². The second-order valence-electron chi connectivity index (χ2n) is 4.49. The zero-order chi connectivity index (χ0) is 10.3. The van der Waals surface area contributed by atoms with Gasteiger partial charge in [0.25, 0.3) is 0 Å². The van der Waals surface area contributed by atoms with Gasteiger partial charge < -0.3 is 10.5 Å². The van der Waals surface area contributed by atoms with Crippen LogP contribution in [0.15, 0.2) is 18.2 Å². The van der Waals surface area contributed by atoms with E-state index in [0.717, 1.165) is 38.4 Å². The van der Waals surface area contributed by atoms with E-state index >= 15 is 0 Å². The first-order valence-corrected chi connectivity index (χ1v) is 5.54. The minimum atomic E-state index is 0.391. The van der Waals surface area contributed by atoms with Crippen molar-refractivity contribution >= 4 is 0 Å². The monoisotopic (exact) mass is 204 g/mol. The highest BCUT2D eigenvalue weighted by Crippen LogP contribution is 2.26. The highest BCUT2D eigenvalue weighted by Gasteiger charge is 2.23. The minimum absolute atomic E-state index is 0.391. The summed E-state index contributed by atoms with van der Waals surface area (Å²) in [5.41, 5.74) is 8.49. The second-order valence-corrected chi connectivity index (χ2v) is 4.49. The van der Waals surface area contributed by atoms with Gasteiger partial charge in [0.15, 0.2) is 0 Å². The molecule has 0 unspecified atom stereocenters. The summed E-state index contributed by atoms with van der Waals surface area (Å²) in [5.74, 6) is 1.07. The molecule has 0 aliphatic carbocycles. The lowest BCUT2D eigenvalue weighted by atomic mass is 10.1. The molecular weight excluding hydrogens is 188 g/mol. The molecule has 0 aromatic heterocycles. The third-order valence-corrected chi connectivity index (χ3v) is 3.15. The molecule has 1 aromatic rings. The Bertz CT molecular complexity index is 372. The van der Waals surface area contributed by atoms with Crippen molar-refractivity contribution in [3.05, 3.63) is 29.3 Å². The Morgan fingerprint density at radius 1 is 1.40 bits per heavy atom. The van der Waals surface area contributed by atoms with Crippen molar-refractivity contribution in [3.8, 4) is 5.75 Å². The van der Waals surface area contributed by atoms with Gasteiger partial charge in [-0.1, -0.05) is 12.1 Å². The van der Waals surface area contributed by atoms with E-state index in [-0.39, 0.29) is 0 Å². The van der Waals surface area contributed by atoms with Crippen molar-refractivity contribution in [1.82, 2.24) is 4.90 Å². The maximum atomic E-state index is 5.75. The van der Waals surface area contributed by atoms with Crippen molar-refractivity contribution in [1.29, 1.82) is 0 Å². The smallest absolute Gasteiger partial charge is 0.122 e. The van der Waals surface area contributed by atoms with Crippen LogP contribution in [0.2, 0.25) is 0 Å². The number of ether oxygens (including phenoxy) is 1. The van der Waals surface area contributed by atoms with Gasteiger partial charge in [-0.2, -0.15) is 0 Å². The van der Waals surface area contributed by atoms with Crippen LogP contribution >= 0.6 is 0 Å². The highest BCUT2D eigenvalue weighted by atomic mass is 16.5. The van der Waals surface area contributed by atoms with E-state index in [1.165, 1.54) is 11.1 Å². The normalized spacial score (nSPS) is 20.9. The lowest BCUT2D eigenvalue weighted by Gasteiger charge is -2.36. The molecule has 0 spiro atoms. The van der Waals surface area contributed by atoms with Crippen molar-refractivity contribution in [2.75, 3.05) is 19.7 Å². The Labute approximate surface area is 89.8 Å². The Hall–Kier alpha value is -1.06. The fourth-order valence-electron chi connectivity index (χ4n) is 2.34. The largest absolute Gasteiger partial charge is 0.493 e. The SMILES string of the molecule is NC1CN(Cc2ccc3c(c2)CCO3)C1. The number of hydrogen-bond donors (Lipinski definition) is 1. The number of benzene rings is 1. The third kappa shape index (κ3) is 1.73. The van der Waals surface area contributed by atoms with Gasteiger partial charge in [0, 0.05) is 32.1 Å². The summed E-state index contributed by atoms with van der Waals surface area (Å²) in [6.45, 7) is 3.94. The summed E-state index contributed by atoms with van der Waals surface area (Å²) in [6.07, 6.45) is 1.06. The highest BCUT2D eigenvalue weighted by molar-refractivity contribution is 5.39.